The average Bonchev–Trinajstić information content (AvgIpc) is 2.54. The summed E-state index contributed by atoms with van der Waals surface area (Å²) in [5, 5.41) is 9.41. The third-order valence-corrected chi connectivity index (χ3v) is 2.86. The fourth-order valence-electron chi connectivity index (χ4n) is 1.63. The lowest BCUT2D eigenvalue weighted by Crippen LogP contribution is -1.95. The summed E-state index contributed by atoms with van der Waals surface area (Å²) < 4.78 is 0. The van der Waals surface area contributed by atoms with Gasteiger partial charge >= 0.3 is 0 Å². The molecule has 0 aliphatic heterocycles. The van der Waals surface area contributed by atoms with Crippen molar-refractivity contribution in [1.29, 1.82) is 5.26 Å². The zero-order valence-electron chi connectivity index (χ0n) is 9.74. The zero-order valence-corrected chi connectivity index (χ0v) is 10.5. The van der Waals surface area contributed by atoms with Gasteiger partial charge in [-0.3, -0.25) is 4.98 Å². The molecule has 2 rings (SSSR count). The maximum absolute atomic E-state index is 9.04. The van der Waals surface area contributed by atoms with Crippen molar-refractivity contribution < 1.29 is 0 Å². The van der Waals surface area contributed by atoms with Crippen LogP contribution in [0.5, 0.6) is 0 Å². The van der Waals surface area contributed by atoms with E-state index >= 15 is 0 Å². The molecule has 0 aromatic carbocycles. The first kappa shape index (κ1) is 12.2. The van der Waals surface area contributed by atoms with Crippen LogP contribution in [0.4, 0.5) is 5.69 Å². The minimum Gasteiger partial charge on any atom is -0.397 e. The van der Waals surface area contributed by atoms with Gasteiger partial charge in [0.25, 0.3) is 0 Å². The monoisotopic (exact) mass is 255 g/mol. The van der Waals surface area contributed by atoms with E-state index in [1.54, 1.807) is 24.4 Å². The first-order valence-corrected chi connectivity index (χ1v) is 5.66. The minimum absolute atomic E-state index is 0.373. The molecule has 0 unspecified atom stereocenters. The van der Waals surface area contributed by atoms with Gasteiger partial charge in [0, 0.05) is 17.3 Å². The number of rotatable bonds is 1. The minimum atomic E-state index is 0.373. The van der Waals surface area contributed by atoms with Crippen molar-refractivity contribution in [3.8, 4) is 6.07 Å². The van der Waals surface area contributed by atoms with E-state index in [0.717, 1.165) is 16.8 Å². The third kappa shape index (κ3) is 2.36. The van der Waals surface area contributed by atoms with E-state index in [4.69, 9.17) is 22.6 Å². The number of hydrogen-bond acceptors (Lipinski definition) is 3. The van der Waals surface area contributed by atoms with Crippen molar-refractivity contribution in [3.63, 3.8) is 0 Å². The van der Waals surface area contributed by atoms with Gasteiger partial charge in [0.05, 0.1) is 22.5 Å². The Morgan fingerprint density at radius 2 is 2.22 bits per heavy atom. The second-order valence-corrected chi connectivity index (χ2v) is 4.24. The number of nitriles is 1. The zero-order chi connectivity index (χ0) is 13.1. The molecule has 1 aromatic heterocycles. The van der Waals surface area contributed by atoms with E-state index in [1.807, 2.05) is 13.0 Å². The Labute approximate surface area is 110 Å². The number of hydrogen-bond donors (Lipinski definition) is 1. The molecule has 0 amide bonds. The van der Waals surface area contributed by atoms with E-state index in [9.17, 15) is 0 Å². The molecule has 0 bridgehead atoms. The van der Waals surface area contributed by atoms with Gasteiger partial charge < -0.3 is 5.73 Å². The fourth-order valence-corrected chi connectivity index (χ4v) is 1.79. The van der Waals surface area contributed by atoms with E-state index in [1.165, 1.54) is 0 Å². The molecule has 2 N–H and O–H groups in total. The molecule has 0 saturated heterocycles. The molecule has 3 nitrogen and oxygen atoms in total. The third-order valence-electron chi connectivity index (χ3n) is 2.55. The van der Waals surface area contributed by atoms with Crippen LogP contribution >= 0.6 is 11.6 Å². The maximum atomic E-state index is 9.04. The van der Waals surface area contributed by atoms with Crippen LogP contribution in [-0.2, 0) is 0 Å². The molecule has 0 fully saturated rings. The van der Waals surface area contributed by atoms with Gasteiger partial charge in [-0.25, -0.2) is 0 Å². The van der Waals surface area contributed by atoms with E-state index < -0.39 is 0 Å². The fraction of sp³-hybridized carbons (Fsp3) is 0.0714. The summed E-state index contributed by atoms with van der Waals surface area (Å²) in [5.41, 5.74) is 12.2. The predicted octanol–water partition coefficient (Wildman–Crippen LogP) is 3.10. The Kier molecular flexibility index (Phi) is 3.34. The smallest absolute Gasteiger partial charge is 0.101 e. The standard InChI is InChI=1S/C14H10ClN3/c1-9-13(6-12(17)8-18-9)10-3-2-4-14(15)11(5-10)7-16/h3-6,8H,17H2,1H3. The molecule has 1 heterocycles. The van der Waals surface area contributed by atoms with Crippen LogP contribution in [0.1, 0.15) is 11.3 Å². The van der Waals surface area contributed by atoms with E-state index in [2.05, 4.69) is 16.8 Å². The van der Waals surface area contributed by atoms with Gasteiger partial charge in [0.1, 0.15) is 6.07 Å². The number of nitrogen functional groups attached to an aromatic ring is 1. The molecule has 0 radical (unpaired) electrons. The molecule has 1 aliphatic carbocycles. The number of allylic oxidation sites excluding steroid dienone is 5. The predicted molar refractivity (Wildman–Crippen MR) is 72.5 cm³/mol. The van der Waals surface area contributed by atoms with Crippen molar-refractivity contribution in [2.75, 3.05) is 5.73 Å². The van der Waals surface area contributed by atoms with Gasteiger partial charge in [-0.1, -0.05) is 11.6 Å². The molecule has 18 heavy (non-hydrogen) atoms. The number of aromatic nitrogens is 1. The summed E-state index contributed by atoms with van der Waals surface area (Å²) in [6.07, 6.45) is 6.64. The van der Waals surface area contributed by atoms with Crippen molar-refractivity contribution in [2.24, 2.45) is 0 Å². The Morgan fingerprint density at radius 1 is 1.44 bits per heavy atom. The lowest BCUT2D eigenvalue weighted by molar-refractivity contribution is 1.19. The molecule has 0 atom stereocenters. The molecule has 0 spiro atoms. The maximum Gasteiger partial charge on any atom is 0.101 e. The quantitative estimate of drug-likeness (QED) is 0.785. The van der Waals surface area contributed by atoms with Crippen LogP contribution in [0.15, 0.2) is 46.8 Å². The second kappa shape index (κ2) is 4.93. The molecule has 1 aliphatic rings. The van der Waals surface area contributed by atoms with Crippen molar-refractivity contribution in [1.82, 2.24) is 4.98 Å². The molecule has 88 valence electrons. The number of pyridine rings is 1. The first-order valence-electron chi connectivity index (χ1n) is 5.28. The topological polar surface area (TPSA) is 62.7 Å². The van der Waals surface area contributed by atoms with E-state index in [-0.39, 0.29) is 0 Å². The van der Waals surface area contributed by atoms with Crippen LogP contribution in [0.3, 0.4) is 0 Å². The van der Waals surface area contributed by atoms with Crippen LogP contribution in [-0.4, -0.2) is 4.98 Å². The largest absolute Gasteiger partial charge is 0.397 e. The molecular formula is C14H10ClN3. The Balaban J connectivity index is 2.62. The molecule has 0 saturated carbocycles. The van der Waals surface area contributed by atoms with Crippen molar-refractivity contribution in [3.05, 3.63) is 58.1 Å². The van der Waals surface area contributed by atoms with Crippen LogP contribution in [0.25, 0.3) is 5.57 Å². The number of nitrogens with two attached hydrogens (primary N) is 1. The highest BCUT2D eigenvalue weighted by Gasteiger charge is 2.08. The van der Waals surface area contributed by atoms with Gasteiger partial charge in [-0.15, -0.1) is 5.73 Å². The molecule has 1 aromatic rings. The van der Waals surface area contributed by atoms with Gasteiger partial charge in [-0.05, 0) is 30.7 Å². The molecular weight excluding hydrogens is 246 g/mol. The summed E-state index contributed by atoms with van der Waals surface area (Å²) in [6, 6.07) is 3.88. The van der Waals surface area contributed by atoms with Crippen molar-refractivity contribution >= 4 is 22.9 Å². The highest BCUT2D eigenvalue weighted by atomic mass is 35.5. The summed E-state index contributed by atoms with van der Waals surface area (Å²) in [4.78, 5) is 4.20. The van der Waals surface area contributed by atoms with E-state index in [0.29, 0.717) is 16.3 Å². The summed E-state index contributed by atoms with van der Waals surface area (Å²) in [6.45, 7) is 1.88. The second-order valence-electron chi connectivity index (χ2n) is 3.83. The SMILES string of the molecule is Cc1ncc(N)cc1C1=CC(C#N)=C(Cl)C=C=C1. The normalized spacial score (nSPS) is 14.2. The van der Waals surface area contributed by atoms with Crippen LogP contribution in [0, 0.1) is 18.3 Å². The summed E-state index contributed by atoms with van der Waals surface area (Å²) in [5.74, 6) is 0. The van der Waals surface area contributed by atoms with Gasteiger partial charge in [-0.2, -0.15) is 5.26 Å². The van der Waals surface area contributed by atoms with Crippen molar-refractivity contribution in [2.45, 2.75) is 6.92 Å². The first-order chi connectivity index (χ1) is 8.61. The van der Waals surface area contributed by atoms with Gasteiger partial charge in [0.2, 0.25) is 0 Å². The van der Waals surface area contributed by atoms with Crippen LogP contribution in [0.2, 0.25) is 0 Å². The summed E-state index contributed by atoms with van der Waals surface area (Å²) >= 11 is 5.95. The number of nitrogens with zero attached hydrogens (tertiary/aromatic N) is 2. The number of halogens is 1. The Morgan fingerprint density at radius 3 is 2.94 bits per heavy atom. The van der Waals surface area contributed by atoms with Gasteiger partial charge in [0.15, 0.2) is 0 Å². The summed E-state index contributed by atoms with van der Waals surface area (Å²) in [7, 11) is 0. The Hall–Kier alpha value is -2.27. The number of aryl methyl sites for hydroxylation is 1. The number of anilines is 1. The lowest BCUT2D eigenvalue weighted by Gasteiger charge is -2.06. The highest BCUT2D eigenvalue weighted by Crippen LogP contribution is 2.25. The lowest BCUT2D eigenvalue weighted by atomic mass is 10.0. The van der Waals surface area contributed by atoms with Crippen LogP contribution < -0.4 is 5.73 Å². The molecule has 4 heteroatoms. The highest BCUT2D eigenvalue weighted by molar-refractivity contribution is 6.32. The Bertz CT molecular complexity index is 669. The average molecular weight is 256 g/mol.